The van der Waals surface area contributed by atoms with Gasteiger partial charge in [0, 0.05) is 56.9 Å². The van der Waals surface area contributed by atoms with Crippen LogP contribution >= 0.6 is 11.6 Å². The van der Waals surface area contributed by atoms with Crippen molar-refractivity contribution >= 4 is 29.5 Å². The van der Waals surface area contributed by atoms with Crippen LogP contribution in [0.2, 0.25) is 5.02 Å². The largest absolute Gasteiger partial charge is 0.340 e. The summed E-state index contributed by atoms with van der Waals surface area (Å²) >= 11 is 6.18. The van der Waals surface area contributed by atoms with E-state index in [1.165, 1.54) is 11.0 Å². The summed E-state index contributed by atoms with van der Waals surface area (Å²) in [5.41, 5.74) is 0.517. The first-order chi connectivity index (χ1) is 14.9. The molecule has 0 bridgehead atoms. The van der Waals surface area contributed by atoms with Crippen LogP contribution in [0.5, 0.6) is 0 Å². The Kier molecular flexibility index (Phi) is 6.34. The van der Waals surface area contributed by atoms with Crippen molar-refractivity contribution in [1.29, 1.82) is 0 Å². The van der Waals surface area contributed by atoms with Crippen molar-refractivity contribution in [3.05, 3.63) is 34.6 Å². The first kappa shape index (κ1) is 21.8. The van der Waals surface area contributed by atoms with Gasteiger partial charge >= 0.3 is 6.03 Å². The minimum Gasteiger partial charge on any atom is -0.340 e. The Morgan fingerprint density at radius 1 is 1.23 bits per heavy atom. The number of likely N-dealkylation sites (N-methyl/N-ethyl adjacent to an activating group) is 1. The molecule has 1 aromatic rings. The number of guanidine groups is 1. The van der Waals surface area contributed by atoms with Crippen LogP contribution in [-0.4, -0.2) is 89.5 Å². The minimum absolute atomic E-state index is 0.288. The van der Waals surface area contributed by atoms with Crippen LogP contribution < -0.4 is 5.32 Å². The molecular formula is C21H28ClFN6O2. The van der Waals surface area contributed by atoms with Crippen LogP contribution in [0.15, 0.2) is 23.2 Å². The number of hydrogen-bond acceptors (Lipinski definition) is 6. The third-order valence-corrected chi connectivity index (χ3v) is 6.54. The molecule has 4 rings (SSSR count). The van der Waals surface area contributed by atoms with E-state index in [1.54, 1.807) is 19.2 Å². The molecule has 168 valence electrons. The van der Waals surface area contributed by atoms with Gasteiger partial charge in [-0.15, -0.1) is 0 Å². The maximum atomic E-state index is 14.2. The molecule has 3 amide bonds. The van der Waals surface area contributed by atoms with E-state index in [9.17, 15) is 14.0 Å². The Bertz CT molecular complexity index is 868. The molecule has 2 unspecified atom stereocenters. The summed E-state index contributed by atoms with van der Waals surface area (Å²) < 4.78 is 14.2. The fourth-order valence-electron chi connectivity index (χ4n) is 4.36. The van der Waals surface area contributed by atoms with Crippen LogP contribution in [0.3, 0.4) is 0 Å². The number of urea groups is 1. The zero-order valence-corrected chi connectivity index (χ0v) is 18.6. The minimum atomic E-state index is -0.511. The van der Waals surface area contributed by atoms with Gasteiger partial charge in [-0.3, -0.25) is 15.0 Å². The molecule has 0 radical (unpaired) electrons. The highest BCUT2D eigenvalue weighted by molar-refractivity contribution is 6.31. The summed E-state index contributed by atoms with van der Waals surface area (Å²) in [7, 11) is 1.67. The zero-order chi connectivity index (χ0) is 22.1. The normalized spacial score (nSPS) is 24.4. The van der Waals surface area contributed by atoms with Crippen molar-refractivity contribution in [1.82, 2.24) is 24.9 Å². The van der Waals surface area contributed by atoms with Crippen molar-refractivity contribution < 1.29 is 14.0 Å². The highest BCUT2D eigenvalue weighted by atomic mass is 35.5. The molecule has 3 aliphatic heterocycles. The van der Waals surface area contributed by atoms with Crippen molar-refractivity contribution in [3.63, 3.8) is 0 Å². The van der Waals surface area contributed by atoms with Crippen LogP contribution in [0.1, 0.15) is 25.3 Å². The highest BCUT2D eigenvalue weighted by Gasteiger charge is 2.49. The summed E-state index contributed by atoms with van der Waals surface area (Å²) in [6.07, 6.45) is 1.41. The van der Waals surface area contributed by atoms with Crippen molar-refractivity contribution in [2.45, 2.75) is 38.5 Å². The Morgan fingerprint density at radius 3 is 2.65 bits per heavy atom. The third-order valence-electron chi connectivity index (χ3n) is 6.19. The number of piperazine rings is 1. The van der Waals surface area contributed by atoms with Crippen molar-refractivity contribution in [3.8, 4) is 0 Å². The molecule has 0 aromatic heterocycles. The third kappa shape index (κ3) is 4.21. The van der Waals surface area contributed by atoms with Crippen LogP contribution in [0.4, 0.5) is 9.18 Å². The summed E-state index contributed by atoms with van der Waals surface area (Å²) in [5, 5.41) is 2.87. The molecule has 0 aliphatic carbocycles. The predicted octanol–water partition coefficient (Wildman–Crippen LogP) is 1.94. The topological polar surface area (TPSA) is 71.5 Å². The number of hydrogen-bond donors (Lipinski definition) is 1. The maximum Gasteiger partial charge on any atom is 0.325 e. The SMILES string of the molecule is CCCCN1C(N2CCN(Cc3c(F)cccc3Cl)CC2)=NC2C1C(=O)NC(=O)N2C. The molecule has 1 aromatic carbocycles. The quantitative estimate of drug-likeness (QED) is 0.742. The molecule has 8 nitrogen and oxygen atoms in total. The molecule has 2 fully saturated rings. The average molecular weight is 451 g/mol. The lowest BCUT2D eigenvalue weighted by Crippen LogP contribution is -2.64. The first-order valence-corrected chi connectivity index (χ1v) is 11.1. The molecule has 0 saturated carbocycles. The summed E-state index contributed by atoms with van der Waals surface area (Å²) in [6.45, 7) is 6.11. The van der Waals surface area contributed by atoms with Gasteiger partial charge in [-0.1, -0.05) is 31.0 Å². The Morgan fingerprint density at radius 2 is 1.97 bits per heavy atom. The smallest absolute Gasteiger partial charge is 0.325 e. The lowest BCUT2D eigenvalue weighted by Gasteiger charge is -2.40. The van der Waals surface area contributed by atoms with E-state index in [4.69, 9.17) is 16.6 Å². The van der Waals surface area contributed by atoms with Crippen molar-refractivity contribution in [2.24, 2.45) is 4.99 Å². The van der Waals surface area contributed by atoms with Crippen LogP contribution in [0, 0.1) is 5.82 Å². The summed E-state index contributed by atoms with van der Waals surface area (Å²) in [4.78, 5) is 37.3. The second-order valence-corrected chi connectivity index (χ2v) is 8.61. The van der Waals surface area contributed by atoms with Gasteiger partial charge in [-0.25, -0.2) is 14.2 Å². The second-order valence-electron chi connectivity index (χ2n) is 8.20. The van der Waals surface area contributed by atoms with E-state index in [2.05, 4.69) is 22.0 Å². The molecule has 2 saturated heterocycles. The molecule has 10 heteroatoms. The summed E-state index contributed by atoms with van der Waals surface area (Å²) in [6, 6.07) is 3.83. The van der Waals surface area contributed by atoms with Gasteiger partial charge in [0.05, 0.1) is 0 Å². The standard InChI is InChI=1S/C21H28ClFN6O2/c1-3-4-8-29-17-18(26(2)21(31)25-19(17)30)24-20(29)28-11-9-27(10-12-28)13-14-15(22)6-5-7-16(14)23/h5-7,17-18H,3-4,8-13H2,1-2H3,(H,25,30,31). The van der Waals surface area contributed by atoms with Gasteiger partial charge in [0.15, 0.2) is 18.2 Å². The van der Waals surface area contributed by atoms with E-state index in [0.29, 0.717) is 36.8 Å². The molecule has 2 atom stereocenters. The Balaban J connectivity index is 1.47. The fraction of sp³-hybridized carbons (Fsp3) is 0.571. The predicted molar refractivity (Wildman–Crippen MR) is 116 cm³/mol. The fourth-order valence-corrected chi connectivity index (χ4v) is 4.58. The Hall–Kier alpha value is -2.39. The van der Waals surface area contributed by atoms with E-state index in [0.717, 1.165) is 31.9 Å². The molecule has 3 aliphatic rings. The van der Waals surface area contributed by atoms with Gasteiger partial charge in [0.25, 0.3) is 5.91 Å². The van der Waals surface area contributed by atoms with Crippen LogP contribution in [-0.2, 0) is 11.3 Å². The lowest BCUT2D eigenvalue weighted by atomic mass is 10.1. The average Bonchev–Trinajstić information content (AvgIpc) is 3.14. The number of carbonyl (C=O) groups excluding carboxylic acids is 2. The molecule has 0 spiro atoms. The number of rotatable bonds is 5. The number of carbonyl (C=O) groups is 2. The number of unbranched alkanes of at least 4 members (excludes halogenated alkanes) is 1. The Labute approximate surface area is 186 Å². The van der Waals surface area contributed by atoms with Gasteiger partial charge in [-0.2, -0.15) is 0 Å². The molecular weight excluding hydrogens is 423 g/mol. The number of imide groups is 1. The van der Waals surface area contributed by atoms with Crippen molar-refractivity contribution in [2.75, 3.05) is 39.8 Å². The summed E-state index contributed by atoms with van der Waals surface area (Å²) in [5.74, 6) is 0.183. The van der Waals surface area contributed by atoms with Gasteiger partial charge in [-0.05, 0) is 18.6 Å². The second kappa shape index (κ2) is 9.00. The number of nitrogens with zero attached hydrogens (tertiary/aromatic N) is 5. The van der Waals surface area contributed by atoms with Gasteiger partial charge in [0.1, 0.15) is 5.82 Å². The number of aliphatic imine (C=N–C) groups is 1. The lowest BCUT2D eigenvalue weighted by molar-refractivity contribution is -0.127. The number of amides is 3. The van der Waals surface area contributed by atoms with E-state index in [-0.39, 0.29) is 11.7 Å². The van der Waals surface area contributed by atoms with E-state index < -0.39 is 18.2 Å². The number of nitrogens with one attached hydrogen (secondary N) is 1. The molecule has 3 heterocycles. The molecule has 31 heavy (non-hydrogen) atoms. The highest BCUT2D eigenvalue weighted by Crippen LogP contribution is 2.27. The number of fused-ring (bicyclic) bond motifs is 1. The number of halogens is 2. The van der Waals surface area contributed by atoms with Gasteiger partial charge < -0.3 is 14.7 Å². The van der Waals surface area contributed by atoms with Gasteiger partial charge in [0.2, 0.25) is 0 Å². The monoisotopic (exact) mass is 450 g/mol. The van der Waals surface area contributed by atoms with E-state index >= 15 is 0 Å². The first-order valence-electron chi connectivity index (χ1n) is 10.7. The zero-order valence-electron chi connectivity index (χ0n) is 17.9. The molecule has 1 N–H and O–H groups in total. The van der Waals surface area contributed by atoms with Crippen LogP contribution in [0.25, 0.3) is 0 Å². The maximum absolute atomic E-state index is 14.2. The number of benzene rings is 1. The van der Waals surface area contributed by atoms with E-state index in [1.807, 2.05) is 4.90 Å².